The highest BCUT2D eigenvalue weighted by atomic mass is 16.6. The van der Waals surface area contributed by atoms with Crippen molar-refractivity contribution in [2.24, 2.45) is 11.3 Å². The summed E-state index contributed by atoms with van der Waals surface area (Å²) in [7, 11) is 5.15. The number of nitrogens with zero attached hydrogens (tertiary/aromatic N) is 3. The number of nitrogens with one attached hydrogen (secondary N) is 2. The lowest BCUT2D eigenvalue weighted by Crippen LogP contribution is -2.81. The number of hydrogen-bond acceptors (Lipinski definition) is 10. The molecule has 3 aromatic rings. The first-order valence-corrected chi connectivity index (χ1v) is 22.5. The summed E-state index contributed by atoms with van der Waals surface area (Å²) >= 11 is 0. The molecule has 12 nitrogen and oxygen atoms in total. The molecular formula is C49H63N5O7. The Morgan fingerprint density at radius 3 is 2.57 bits per heavy atom. The zero-order valence-corrected chi connectivity index (χ0v) is 36.9. The Bertz CT molecular complexity index is 2320. The van der Waals surface area contributed by atoms with Gasteiger partial charge in [-0.1, -0.05) is 62.8 Å². The number of para-hydroxylation sites is 1. The van der Waals surface area contributed by atoms with Crippen molar-refractivity contribution in [3.05, 3.63) is 82.6 Å². The molecule has 2 fully saturated rings. The topological polar surface area (TPSA) is 137 Å². The predicted octanol–water partition coefficient (Wildman–Crippen LogP) is 5.54. The molecule has 9 atom stereocenters. The molecule has 2 bridgehead atoms. The number of rotatable bonds is 10. The van der Waals surface area contributed by atoms with Gasteiger partial charge in [-0.25, -0.2) is 0 Å². The molecule has 3 unspecified atom stereocenters. The van der Waals surface area contributed by atoms with Gasteiger partial charge in [-0.3, -0.25) is 24.2 Å². The van der Waals surface area contributed by atoms with E-state index in [1.54, 1.807) is 7.11 Å². The number of H-pyrrole nitrogens is 1. The molecule has 6 heterocycles. The molecule has 1 saturated heterocycles. The minimum Gasteiger partial charge on any atom is -0.496 e. The number of fused-ring (bicyclic) bond motifs is 6. The number of aliphatic hydroxyl groups is 1. The number of aromatic nitrogens is 1. The molecule has 6 aliphatic rings. The van der Waals surface area contributed by atoms with Gasteiger partial charge < -0.3 is 34.5 Å². The summed E-state index contributed by atoms with van der Waals surface area (Å²) in [6.45, 7) is 11.6. The van der Waals surface area contributed by atoms with Gasteiger partial charge in [0, 0.05) is 97.4 Å². The number of esters is 2. The lowest BCUT2D eigenvalue weighted by atomic mass is 9.47. The van der Waals surface area contributed by atoms with Crippen LogP contribution in [0.5, 0.6) is 5.75 Å². The van der Waals surface area contributed by atoms with E-state index in [2.05, 4.69) is 87.4 Å². The van der Waals surface area contributed by atoms with Gasteiger partial charge in [0.2, 0.25) is 5.91 Å². The number of amides is 1. The third-order valence-electron chi connectivity index (χ3n) is 15.7. The lowest BCUT2D eigenvalue weighted by molar-refractivity contribution is -0.217. The van der Waals surface area contributed by atoms with Crippen LogP contribution in [0.15, 0.2) is 60.2 Å². The van der Waals surface area contributed by atoms with Gasteiger partial charge in [-0.2, -0.15) is 0 Å². The molecule has 3 N–H and O–H groups in total. The van der Waals surface area contributed by atoms with Crippen molar-refractivity contribution < 1.29 is 33.7 Å². The summed E-state index contributed by atoms with van der Waals surface area (Å²) < 4.78 is 18.8. The fourth-order valence-corrected chi connectivity index (χ4v) is 13.6. The monoisotopic (exact) mass is 833 g/mol. The second-order valence-corrected chi connectivity index (χ2v) is 18.7. The first-order valence-electron chi connectivity index (χ1n) is 22.5. The van der Waals surface area contributed by atoms with Crippen LogP contribution in [0.3, 0.4) is 0 Å². The highest BCUT2D eigenvalue weighted by Gasteiger charge is 2.78. The minimum absolute atomic E-state index is 0.0425. The highest BCUT2D eigenvalue weighted by molar-refractivity contribution is 5.94. The molecule has 1 saturated carbocycles. The molecular weight excluding hydrogens is 771 g/mol. The van der Waals surface area contributed by atoms with E-state index in [9.17, 15) is 14.7 Å². The third kappa shape index (κ3) is 5.90. The number of methoxy groups -OCH3 is 2. The molecule has 1 amide bonds. The number of carbonyl (C=O) groups excluding carboxylic acids is 3. The molecule has 1 spiro atoms. The summed E-state index contributed by atoms with van der Waals surface area (Å²) in [5, 5.41) is 17.9. The summed E-state index contributed by atoms with van der Waals surface area (Å²) in [4.78, 5) is 52.9. The van der Waals surface area contributed by atoms with Gasteiger partial charge in [0.05, 0.1) is 26.8 Å². The molecule has 5 aliphatic heterocycles. The Kier molecular flexibility index (Phi) is 10.5. The van der Waals surface area contributed by atoms with E-state index in [0.29, 0.717) is 37.9 Å². The van der Waals surface area contributed by atoms with E-state index in [1.807, 2.05) is 20.0 Å². The molecule has 2 aromatic carbocycles. The molecule has 326 valence electrons. The number of carbonyl (C=O) groups is 3. The van der Waals surface area contributed by atoms with Gasteiger partial charge in [-0.15, -0.1) is 0 Å². The van der Waals surface area contributed by atoms with Crippen molar-refractivity contribution in [3.8, 4) is 5.75 Å². The van der Waals surface area contributed by atoms with Crippen LogP contribution < -0.4 is 15.0 Å². The number of likely N-dealkylation sites (N-methyl/N-ethyl adjacent to an activating group) is 1. The maximum absolute atomic E-state index is 15.4. The Hall–Kier alpha value is -4.65. The second-order valence-electron chi connectivity index (χ2n) is 18.7. The van der Waals surface area contributed by atoms with Crippen molar-refractivity contribution >= 4 is 34.4 Å². The molecule has 9 rings (SSSR count). The second kappa shape index (κ2) is 15.3. The van der Waals surface area contributed by atoms with Crippen LogP contribution in [-0.2, 0) is 41.1 Å². The third-order valence-corrected chi connectivity index (χ3v) is 15.7. The number of anilines is 1. The summed E-state index contributed by atoms with van der Waals surface area (Å²) in [6, 6.07) is 11.8. The van der Waals surface area contributed by atoms with Crippen molar-refractivity contribution in [2.45, 2.75) is 107 Å². The van der Waals surface area contributed by atoms with E-state index in [4.69, 9.17) is 14.2 Å². The number of aromatic amines is 1. The summed E-state index contributed by atoms with van der Waals surface area (Å²) in [5.41, 5.74) is 2.36. The predicted molar refractivity (Wildman–Crippen MR) is 235 cm³/mol. The van der Waals surface area contributed by atoms with E-state index >= 15 is 4.79 Å². The van der Waals surface area contributed by atoms with E-state index in [0.717, 1.165) is 84.5 Å². The quantitative estimate of drug-likeness (QED) is 0.177. The number of benzene rings is 2. The highest BCUT2D eigenvalue weighted by Crippen LogP contribution is 2.68. The molecule has 1 aliphatic carbocycles. The van der Waals surface area contributed by atoms with Crippen LogP contribution in [0.25, 0.3) is 10.9 Å². The average Bonchev–Trinajstić information content (AvgIpc) is 3.92. The Morgan fingerprint density at radius 2 is 1.85 bits per heavy atom. The lowest BCUT2D eigenvalue weighted by Gasteiger charge is -2.64. The number of hydrogen-bond donors (Lipinski definition) is 3. The van der Waals surface area contributed by atoms with Gasteiger partial charge in [0.1, 0.15) is 22.9 Å². The van der Waals surface area contributed by atoms with Crippen LogP contribution in [0.1, 0.15) is 88.6 Å². The largest absolute Gasteiger partial charge is 0.496 e. The maximum atomic E-state index is 15.4. The van der Waals surface area contributed by atoms with Crippen molar-refractivity contribution in [1.82, 2.24) is 20.1 Å². The van der Waals surface area contributed by atoms with Crippen molar-refractivity contribution in [3.63, 3.8) is 0 Å². The van der Waals surface area contributed by atoms with Crippen molar-refractivity contribution in [1.29, 1.82) is 0 Å². The Balaban J connectivity index is 1.34. The van der Waals surface area contributed by atoms with E-state index in [1.165, 1.54) is 19.6 Å². The molecule has 0 radical (unpaired) electrons. The van der Waals surface area contributed by atoms with Crippen LogP contribution in [0, 0.1) is 11.3 Å². The first kappa shape index (κ1) is 41.7. The average molecular weight is 834 g/mol. The smallest absolute Gasteiger partial charge is 0.322 e. The summed E-state index contributed by atoms with van der Waals surface area (Å²) in [6.07, 6.45) is 10.2. The number of ether oxygens (including phenoxy) is 3. The van der Waals surface area contributed by atoms with Crippen molar-refractivity contribution in [2.75, 3.05) is 65.4 Å². The van der Waals surface area contributed by atoms with Gasteiger partial charge in [0.15, 0.2) is 0 Å². The Morgan fingerprint density at radius 1 is 1.05 bits per heavy atom. The summed E-state index contributed by atoms with van der Waals surface area (Å²) in [5.74, 6) is -0.399. The minimum atomic E-state index is -1.73. The maximum Gasteiger partial charge on any atom is 0.322 e. The molecule has 61 heavy (non-hydrogen) atoms. The van der Waals surface area contributed by atoms with E-state index < -0.39 is 40.0 Å². The van der Waals surface area contributed by atoms with Gasteiger partial charge in [-0.05, 0) is 74.2 Å². The molecule has 12 heteroatoms. The SMILES string of the molecule is CCCC(=O)NCC1(O)[C@H](OC(C)=O)[C@]2(CC)C=CCN3CC[C@@]4(c5cc([C@@]6(C(=O)OC)C[C@@H]7C=C(CC)CN(CCc8c6[nH]c6ccccc86)C7)c(OC)cc5N(C)[C@@H]14)C32. The Labute approximate surface area is 359 Å². The fourth-order valence-electron chi connectivity index (χ4n) is 13.6. The van der Waals surface area contributed by atoms with Crippen LogP contribution in [0.2, 0.25) is 0 Å². The van der Waals surface area contributed by atoms with Gasteiger partial charge >= 0.3 is 11.9 Å². The van der Waals surface area contributed by atoms with Crippen LogP contribution in [-0.4, -0.2) is 122 Å². The normalized spacial score (nSPS) is 33.6. The standard InChI is InChI=1S/C49H63N5O7/c1-8-14-40(56)50-29-49(58)43-47(19-22-54-20-13-18-46(10-3,42(47)54)44(49)61-30(4)55)35-24-36(39(59-6)25-38(35)52(43)5)48(45(57)60-7)26-32-23-31(9-2)27-53(28-32)21-17-34-33-15-11-12-16-37(33)51-41(34)48/h11-13,15-16,18,23-25,32,42-44,51,58H,8-10,14,17,19-22,26-29H2,1-7H3,(H,50,56)/t32-,42?,43+,44+,46+,47+,48-,49?/m0/s1. The van der Waals surface area contributed by atoms with Crippen LogP contribution in [0.4, 0.5) is 5.69 Å². The zero-order chi connectivity index (χ0) is 43.1. The molecule has 1 aromatic heterocycles. The van der Waals surface area contributed by atoms with E-state index in [-0.39, 0.29) is 30.4 Å². The zero-order valence-electron chi connectivity index (χ0n) is 36.9. The van der Waals surface area contributed by atoms with Crippen LogP contribution >= 0.6 is 0 Å². The van der Waals surface area contributed by atoms with Gasteiger partial charge in [0.25, 0.3) is 0 Å². The first-order chi connectivity index (χ1) is 29.4. The fraction of sp³-hybridized carbons (Fsp3) is 0.571.